The summed E-state index contributed by atoms with van der Waals surface area (Å²) >= 11 is 5.52. The number of nitrogens with two attached hydrogens (primary N) is 1. The number of benzene rings is 1. The fourth-order valence-corrected chi connectivity index (χ4v) is 1.05. The number of rotatable bonds is 1. The molecule has 0 saturated carbocycles. The molecule has 0 radical (unpaired) electrons. The molecule has 0 bridgehead atoms. The van der Waals surface area contributed by atoms with Gasteiger partial charge < -0.3 is 5.73 Å². The molecule has 0 aliphatic heterocycles. The number of nitriles is 1. The Morgan fingerprint density at radius 1 is 1.62 bits per heavy atom. The van der Waals surface area contributed by atoms with Crippen LogP contribution in [-0.2, 0) is 0 Å². The molecule has 0 saturated heterocycles. The molecule has 0 fully saturated rings. The SMILES string of the molecule is N#C/C=C(/N)c1cccc(Cl)c1F. The lowest BCUT2D eigenvalue weighted by atomic mass is 10.1. The van der Waals surface area contributed by atoms with Crippen LogP contribution in [0.1, 0.15) is 5.56 Å². The zero-order valence-electron chi connectivity index (χ0n) is 6.59. The van der Waals surface area contributed by atoms with Gasteiger partial charge in [0, 0.05) is 11.6 Å². The van der Waals surface area contributed by atoms with E-state index in [1.54, 1.807) is 12.1 Å². The minimum Gasteiger partial charge on any atom is -0.398 e. The maximum Gasteiger partial charge on any atom is 0.151 e. The highest BCUT2D eigenvalue weighted by atomic mass is 35.5. The molecule has 2 N–H and O–H groups in total. The highest BCUT2D eigenvalue weighted by Crippen LogP contribution is 2.21. The maximum absolute atomic E-state index is 13.2. The molecule has 0 amide bonds. The monoisotopic (exact) mass is 196 g/mol. The first-order valence-corrected chi connectivity index (χ1v) is 3.84. The molecule has 13 heavy (non-hydrogen) atoms. The molecule has 0 heterocycles. The largest absolute Gasteiger partial charge is 0.398 e. The quantitative estimate of drug-likeness (QED) is 0.701. The molecule has 1 aromatic rings. The molecule has 0 unspecified atom stereocenters. The van der Waals surface area contributed by atoms with Gasteiger partial charge in [0.15, 0.2) is 5.82 Å². The first-order valence-electron chi connectivity index (χ1n) is 3.46. The zero-order chi connectivity index (χ0) is 9.84. The normalized spacial score (nSPS) is 11.0. The lowest BCUT2D eigenvalue weighted by molar-refractivity contribution is 0.624. The summed E-state index contributed by atoms with van der Waals surface area (Å²) in [6, 6.07) is 6.16. The first-order chi connectivity index (χ1) is 6.16. The Morgan fingerprint density at radius 3 is 2.92 bits per heavy atom. The van der Waals surface area contributed by atoms with Crippen molar-refractivity contribution >= 4 is 17.3 Å². The number of hydrogen-bond acceptors (Lipinski definition) is 2. The predicted octanol–water partition coefficient (Wildman–Crippen LogP) is 2.30. The minimum atomic E-state index is -0.604. The third-order valence-electron chi connectivity index (χ3n) is 1.48. The van der Waals surface area contributed by atoms with Gasteiger partial charge in [0.25, 0.3) is 0 Å². The van der Waals surface area contributed by atoms with Crippen LogP contribution in [-0.4, -0.2) is 0 Å². The molecule has 66 valence electrons. The Bertz CT molecular complexity index is 393. The van der Waals surface area contributed by atoms with Crippen LogP contribution in [0.5, 0.6) is 0 Å². The van der Waals surface area contributed by atoms with Crippen LogP contribution in [0.25, 0.3) is 5.70 Å². The maximum atomic E-state index is 13.2. The van der Waals surface area contributed by atoms with E-state index in [2.05, 4.69) is 0 Å². The van der Waals surface area contributed by atoms with Crippen LogP contribution in [0.3, 0.4) is 0 Å². The Hall–Kier alpha value is -1.53. The van der Waals surface area contributed by atoms with Crippen LogP contribution in [0.2, 0.25) is 5.02 Å². The summed E-state index contributed by atoms with van der Waals surface area (Å²) in [7, 11) is 0. The molecule has 4 heteroatoms. The summed E-state index contributed by atoms with van der Waals surface area (Å²) in [5.74, 6) is -0.604. The van der Waals surface area contributed by atoms with E-state index in [-0.39, 0.29) is 16.3 Å². The second kappa shape index (κ2) is 3.92. The van der Waals surface area contributed by atoms with E-state index in [4.69, 9.17) is 22.6 Å². The number of hydrogen-bond donors (Lipinski definition) is 1. The summed E-state index contributed by atoms with van der Waals surface area (Å²) in [6.45, 7) is 0. The molecule has 1 aromatic carbocycles. The lowest BCUT2D eigenvalue weighted by Gasteiger charge is -2.02. The van der Waals surface area contributed by atoms with Gasteiger partial charge in [0.05, 0.1) is 16.8 Å². The van der Waals surface area contributed by atoms with E-state index < -0.39 is 5.82 Å². The van der Waals surface area contributed by atoms with Crippen LogP contribution < -0.4 is 5.73 Å². The molecular weight excluding hydrogens is 191 g/mol. The first kappa shape index (κ1) is 9.56. The molecule has 0 aliphatic carbocycles. The van der Waals surface area contributed by atoms with E-state index in [0.29, 0.717) is 0 Å². The topological polar surface area (TPSA) is 49.8 Å². The predicted molar refractivity (Wildman–Crippen MR) is 49.2 cm³/mol. The molecule has 0 aromatic heterocycles. The summed E-state index contributed by atoms with van der Waals surface area (Å²) < 4.78 is 13.2. The average molecular weight is 197 g/mol. The number of nitrogens with zero attached hydrogens (tertiary/aromatic N) is 1. The molecule has 0 aliphatic rings. The zero-order valence-corrected chi connectivity index (χ0v) is 7.35. The van der Waals surface area contributed by atoms with Crippen molar-refractivity contribution in [2.45, 2.75) is 0 Å². The third-order valence-corrected chi connectivity index (χ3v) is 1.77. The lowest BCUT2D eigenvalue weighted by Crippen LogP contribution is -1.99. The second-order valence-corrected chi connectivity index (χ2v) is 2.74. The Labute approximate surface area is 80.0 Å². The van der Waals surface area contributed by atoms with Crippen molar-refractivity contribution in [1.82, 2.24) is 0 Å². The van der Waals surface area contributed by atoms with E-state index in [1.165, 1.54) is 12.1 Å². The average Bonchev–Trinajstić information content (AvgIpc) is 2.10. The van der Waals surface area contributed by atoms with Crippen molar-refractivity contribution in [3.8, 4) is 6.07 Å². The molecule has 2 nitrogen and oxygen atoms in total. The van der Waals surface area contributed by atoms with Crippen LogP contribution in [0.15, 0.2) is 24.3 Å². The van der Waals surface area contributed by atoms with Gasteiger partial charge in [0.2, 0.25) is 0 Å². The van der Waals surface area contributed by atoms with Crippen molar-refractivity contribution in [2.75, 3.05) is 0 Å². The fraction of sp³-hybridized carbons (Fsp3) is 0. The van der Waals surface area contributed by atoms with Gasteiger partial charge in [-0.15, -0.1) is 0 Å². The fourth-order valence-electron chi connectivity index (χ4n) is 0.874. The van der Waals surface area contributed by atoms with Crippen molar-refractivity contribution in [3.05, 3.63) is 40.7 Å². The highest BCUT2D eigenvalue weighted by molar-refractivity contribution is 6.30. The number of allylic oxidation sites excluding steroid dienone is 1. The Kier molecular flexibility index (Phi) is 2.88. The summed E-state index contributed by atoms with van der Waals surface area (Å²) in [6.07, 6.45) is 1.06. The van der Waals surface area contributed by atoms with Gasteiger partial charge in [-0.05, 0) is 12.1 Å². The van der Waals surface area contributed by atoms with E-state index in [0.717, 1.165) is 6.08 Å². The van der Waals surface area contributed by atoms with Crippen LogP contribution in [0, 0.1) is 17.1 Å². The minimum absolute atomic E-state index is 0.00760. The third kappa shape index (κ3) is 1.98. The Balaban J connectivity index is 3.25. The van der Waals surface area contributed by atoms with Gasteiger partial charge in [0.1, 0.15) is 0 Å². The molecule has 1 rings (SSSR count). The van der Waals surface area contributed by atoms with Gasteiger partial charge in [-0.3, -0.25) is 0 Å². The van der Waals surface area contributed by atoms with E-state index in [1.807, 2.05) is 0 Å². The highest BCUT2D eigenvalue weighted by Gasteiger charge is 2.07. The van der Waals surface area contributed by atoms with Gasteiger partial charge >= 0.3 is 0 Å². The van der Waals surface area contributed by atoms with E-state index >= 15 is 0 Å². The van der Waals surface area contributed by atoms with Crippen molar-refractivity contribution in [2.24, 2.45) is 5.73 Å². The number of halogens is 2. The molecular formula is C9H6ClFN2. The summed E-state index contributed by atoms with van der Waals surface area (Å²) in [4.78, 5) is 0. The van der Waals surface area contributed by atoms with Crippen molar-refractivity contribution in [1.29, 1.82) is 5.26 Å². The van der Waals surface area contributed by atoms with E-state index in [9.17, 15) is 4.39 Å². The molecule has 0 spiro atoms. The van der Waals surface area contributed by atoms with Gasteiger partial charge in [-0.1, -0.05) is 17.7 Å². The summed E-state index contributed by atoms with van der Waals surface area (Å²) in [5.41, 5.74) is 5.63. The second-order valence-electron chi connectivity index (χ2n) is 2.33. The van der Waals surface area contributed by atoms with Crippen molar-refractivity contribution < 1.29 is 4.39 Å². The van der Waals surface area contributed by atoms with Crippen LogP contribution in [0.4, 0.5) is 4.39 Å². The van der Waals surface area contributed by atoms with Gasteiger partial charge in [-0.25, -0.2) is 4.39 Å². The standard InChI is InChI=1S/C9H6ClFN2/c10-7-3-1-2-6(9(7)11)8(13)4-5-12/h1-4H,13H2/b8-4+. The smallest absolute Gasteiger partial charge is 0.151 e. The molecule has 0 atom stereocenters. The Morgan fingerprint density at radius 2 is 2.31 bits per heavy atom. The van der Waals surface area contributed by atoms with Gasteiger partial charge in [-0.2, -0.15) is 5.26 Å². The van der Waals surface area contributed by atoms with Crippen LogP contribution >= 0.6 is 11.6 Å². The van der Waals surface area contributed by atoms with Crippen molar-refractivity contribution in [3.63, 3.8) is 0 Å². The summed E-state index contributed by atoms with van der Waals surface area (Å²) in [5, 5.41) is 8.29.